The molecule has 0 bridgehead atoms. The van der Waals surface area contributed by atoms with Gasteiger partial charge in [-0.1, -0.05) is 39.0 Å². The molecule has 0 aromatic carbocycles. The summed E-state index contributed by atoms with van der Waals surface area (Å²) in [5.41, 5.74) is 0.138. The van der Waals surface area contributed by atoms with Crippen LogP contribution >= 0.6 is 0 Å². The third-order valence-corrected chi connectivity index (χ3v) is 7.68. The second-order valence-electron chi connectivity index (χ2n) is 9.23. The summed E-state index contributed by atoms with van der Waals surface area (Å²) < 4.78 is 0. The summed E-state index contributed by atoms with van der Waals surface area (Å²) in [6, 6.07) is 2.41. The van der Waals surface area contributed by atoms with E-state index in [-0.39, 0.29) is 35.7 Å². The SMILES string of the molecule is CCC1(C(O)CCCC2C(O)CC(C#N)C2CCCCCCC(=O)O)CCC1. The van der Waals surface area contributed by atoms with Crippen LogP contribution in [0.5, 0.6) is 0 Å². The Kier molecular flexibility index (Phi) is 9.24. The fourth-order valence-electron chi connectivity index (χ4n) is 5.58. The summed E-state index contributed by atoms with van der Waals surface area (Å²) in [6.07, 6.45) is 11.9. The van der Waals surface area contributed by atoms with Gasteiger partial charge in [0.05, 0.1) is 24.2 Å². The Morgan fingerprint density at radius 2 is 1.82 bits per heavy atom. The summed E-state index contributed by atoms with van der Waals surface area (Å²) in [4.78, 5) is 10.6. The van der Waals surface area contributed by atoms with Gasteiger partial charge in [-0.15, -0.1) is 0 Å². The van der Waals surface area contributed by atoms with Gasteiger partial charge >= 0.3 is 5.97 Å². The van der Waals surface area contributed by atoms with Gasteiger partial charge in [-0.25, -0.2) is 0 Å². The van der Waals surface area contributed by atoms with E-state index in [0.717, 1.165) is 64.2 Å². The molecule has 28 heavy (non-hydrogen) atoms. The molecule has 2 aliphatic carbocycles. The van der Waals surface area contributed by atoms with Gasteiger partial charge in [-0.2, -0.15) is 5.26 Å². The van der Waals surface area contributed by atoms with E-state index in [1.165, 1.54) is 6.42 Å². The van der Waals surface area contributed by atoms with Gasteiger partial charge in [-0.3, -0.25) is 4.79 Å². The molecule has 0 radical (unpaired) electrons. The number of unbranched alkanes of at least 4 members (excludes halogenated alkanes) is 3. The standard InChI is InChI=1S/C23H39NO4/c1-2-23(13-8-14-23)21(26)11-7-10-19-18(17(16-24)15-20(19)25)9-5-3-4-6-12-22(27)28/h17-21,25-26H,2-15H2,1H3,(H,27,28). The average Bonchev–Trinajstić information content (AvgIpc) is 2.92. The number of aliphatic hydroxyl groups is 2. The number of carboxylic acid groups (broad SMARTS) is 1. The normalized spacial score (nSPS) is 29.8. The number of rotatable bonds is 13. The van der Waals surface area contributed by atoms with E-state index in [1.54, 1.807) is 0 Å². The van der Waals surface area contributed by atoms with Crippen LogP contribution in [-0.2, 0) is 4.79 Å². The minimum atomic E-state index is -0.738. The molecule has 5 nitrogen and oxygen atoms in total. The number of carbonyl (C=O) groups is 1. The lowest BCUT2D eigenvalue weighted by Crippen LogP contribution is -2.40. The second kappa shape index (κ2) is 11.2. The van der Waals surface area contributed by atoms with Crippen molar-refractivity contribution >= 4 is 5.97 Å². The lowest BCUT2D eigenvalue weighted by atomic mass is 9.62. The van der Waals surface area contributed by atoms with Crippen LogP contribution in [0, 0.1) is 34.5 Å². The van der Waals surface area contributed by atoms with Gasteiger partial charge in [0.15, 0.2) is 0 Å². The maximum absolute atomic E-state index is 10.6. The number of aliphatic carboxylic acids is 1. The third kappa shape index (κ3) is 5.94. The zero-order chi connectivity index (χ0) is 20.6. The van der Waals surface area contributed by atoms with E-state index in [2.05, 4.69) is 13.0 Å². The van der Waals surface area contributed by atoms with Crippen LogP contribution in [0.15, 0.2) is 0 Å². The third-order valence-electron chi connectivity index (χ3n) is 7.68. The Labute approximate surface area is 170 Å². The topological polar surface area (TPSA) is 102 Å². The van der Waals surface area contributed by atoms with Gasteiger partial charge in [0.1, 0.15) is 0 Å². The molecule has 5 heteroatoms. The van der Waals surface area contributed by atoms with Crippen LogP contribution in [0.1, 0.15) is 96.8 Å². The summed E-state index contributed by atoms with van der Waals surface area (Å²) in [5, 5.41) is 39.3. The molecule has 5 atom stereocenters. The zero-order valence-corrected chi connectivity index (χ0v) is 17.5. The summed E-state index contributed by atoms with van der Waals surface area (Å²) in [7, 11) is 0. The molecule has 0 spiro atoms. The molecule has 0 aliphatic heterocycles. The van der Waals surface area contributed by atoms with Crippen LogP contribution in [0.25, 0.3) is 0 Å². The Morgan fingerprint density at radius 3 is 2.39 bits per heavy atom. The Hall–Kier alpha value is -1.12. The predicted octanol–water partition coefficient (Wildman–Crippen LogP) is 4.66. The highest BCUT2D eigenvalue weighted by Gasteiger charge is 2.43. The van der Waals surface area contributed by atoms with Crippen LogP contribution in [0.3, 0.4) is 0 Å². The first kappa shape index (κ1) is 23.2. The lowest BCUT2D eigenvalue weighted by molar-refractivity contribution is -0.137. The van der Waals surface area contributed by atoms with Crippen molar-refractivity contribution in [2.24, 2.45) is 23.2 Å². The average molecular weight is 394 g/mol. The molecule has 0 aromatic heterocycles. The van der Waals surface area contributed by atoms with Crippen molar-refractivity contribution in [1.29, 1.82) is 5.26 Å². The fraction of sp³-hybridized carbons (Fsp3) is 0.913. The fourth-order valence-corrected chi connectivity index (χ4v) is 5.58. The molecule has 0 heterocycles. The predicted molar refractivity (Wildman–Crippen MR) is 108 cm³/mol. The van der Waals surface area contributed by atoms with Crippen LogP contribution in [-0.4, -0.2) is 33.5 Å². The summed E-state index contributed by atoms with van der Waals surface area (Å²) in [6.45, 7) is 2.17. The second-order valence-corrected chi connectivity index (χ2v) is 9.23. The zero-order valence-electron chi connectivity index (χ0n) is 17.5. The van der Waals surface area contributed by atoms with Crippen molar-refractivity contribution in [3.05, 3.63) is 0 Å². The highest BCUT2D eigenvalue weighted by molar-refractivity contribution is 5.66. The minimum Gasteiger partial charge on any atom is -0.481 e. The first-order valence-corrected chi connectivity index (χ1v) is 11.4. The van der Waals surface area contributed by atoms with Crippen LogP contribution < -0.4 is 0 Å². The smallest absolute Gasteiger partial charge is 0.303 e. The summed E-state index contributed by atoms with van der Waals surface area (Å²) >= 11 is 0. The van der Waals surface area contributed by atoms with Gasteiger partial charge in [0.25, 0.3) is 0 Å². The number of aliphatic hydroxyl groups excluding tert-OH is 2. The largest absolute Gasteiger partial charge is 0.481 e. The number of nitriles is 1. The van der Waals surface area contributed by atoms with Gasteiger partial charge in [0.2, 0.25) is 0 Å². The molecule has 0 amide bonds. The molecule has 5 unspecified atom stereocenters. The summed E-state index contributed by atoms with van der Waals surface area (Å²) in [5.74, 6) is -0.412. The maximum Gasteiger partial charge on any atom is 0.303 e. The number of carboxylic acids is 1. The molecule has 2 aliphatic rings. The van der Waals surface area contributed by atoms with Gasteiger partial charge in [0, 0.05) is 6.42 Å². The van der Waals surface area contributed by atoms with E-state index < -0.39 is 12.1 Å². The molecule has 0 saturated heterocycles. The Bertz CT molecular complexity index is 520. The molecule has 2 fully saturated rings. The minimum absolute atomic E-state index is 0.0717. The molecule has 160 valence electrons. The molecular formula is C23H39NO4. The number of hydrogen-bond donors (Lipinski definition) is 3. The van der Waals surface area contributed by atoms with E-state index in [9.17, 15) is 20.3 Å². The number of hydrogen-bond acceptors (Lipinski definition) is 4. The molecule has 2 rings (SSSR count). The van der Waals surface area contributed by atoms with Crippen molar-refractivity contribution in [3.8, 4) is 6.07 Å². The van der Waals surface area contributed by atoms with E-state index in [0.29, 0.717) is 12.8 Å². The maximum atomic E-state index is 10.6. The number of nitrogens with zero attached hydrogens (tertiary/aromatic N) is 1. The lowest BCUT2D eigenvalue weighted by Gasteiger charge is -2.45. The van der Waals surface area contributed by atoms with Gasteiger partial charge < -0.3 is 15.3 Å². The first-order chi connectivity index (χ1) is 13.4. The molecule has 2 saturated carbocycles. The van der Waals surface area contributed by atoms with Crippen molar-refractivity contribution < 1.29 is 20.1 Å². The van der Waals surface area contributed by atoms with E-state index in [4.69, 9.17) is 5.11 Å². The molecule has 0 aromatic rings. The van der Waals surface area contributed by atoms with Crippen molar-refractivity contribution in [1.82, 2.24) is 0 Å². The first-order valence-electron chi connectivity index (χ1n) is 11.4. The molecular weight excluding hydrogens is 354 g/mol. The quantitative estimate of drug-likeness (QED) is 0.395. The molecule has 3 N–H and O–H groups in total. The highest BCUT2D eigenvalue weighted by atomic mass is 16.4. The van der Waals surface area contributed by atoms with Crippen LogP contribution in [0.2, 0.25) is 0 Å². The van der Waals surface area contributed by atoms with Crippen LogP contribution in [0.4, 0.5) is 0 Å². The van der Waals surface area contributed by atoms with Crippen molar-refractivity contribution in [2.75, 3.05) is 0 Å². The Morgan fingerprint density at radius 1 is 1.14 bits per heavy atom. The highest BCUT2D eigenvalue weighted by Crippen LogP contribution is 2.48. The van der Waals surface area contributed by atoms with E-state index in [1.807, 2.05) is 0 Å². The van der Waals surface area contributed by atoms with Crippen molar-refractivity contribution in [2.45, 2.75) is 109 Å². The van der Waals surface area contributed by atoms with Gasteiger partial charge in [-0.05, 0) is 68.6 Å². The Balaban J connectivity index is 1.76. The monoisotopic (exact) mass is 393 g/mol. The van der Waals surface area contributed by atoms with Crippen molar-refractivity contribution in [3.63, 3.8) is 0 Å². The van der Waals surface area contributed by atoms with E-state index >= 15 is 0 Å².